The summed E-state index contributed by atoms with van der Waals surface area (Å²) in [5.74, 6) is 4.23. The van der Waals surface area contributed by atoms with Crippen molar-refractivity contribution in [2.75, 3.05) is 29.1 Å². The predicted octanol–water partition coefficient (Wildman–Crippen LogP) is -0.183. The van der Waals surface area contributed by atoms with Gasteiger partial charge in [-0.25, -0.2) is 16.8 Å². The monoisotopic (exact) mass is 317 g/mol. The molecule has 20 heavy (non-hydrogen) atoms. The summed E-state index contributed by atoms with van der Waals surface area (Å²) in [5.41, 5.74) is 0.964. The van der Waals surface area contributed by atoms with E-state index in [-0.39, 0.29) is 6.61 Å². The fraction of sp³-hybridized carbons (Fsp3) is 0.333. The van der Waals surface area contributed by atoms with E-state index in [1.165, 1.54) is 12.1 Å². The SMILES string of the molecule is CS(=O)(=O)CCS(=O)(=O)Nc1ccc(C#CCO)cc1. The molecule has 0 aliphatic carbocycles. The number of nitrogens with one attached hydrogen (secondary N) is 1. The van der Waals surface area contributed by atoms with Gasteiger partial charge in [-0.1, -0.05) is 11.8 Å². The molecule has 0 radical (unpaired) electrons. The number of aliphatic hydroxyl groups excluding tert-OH is 1. The van der Waals surface area contributed by atoms with Gasteiger partial charge in [0.15, 0.2) is 0 Å². The van der Waals surface area contributed by atoms with Crippen LogP contribution in [0.3, 0.4) is 0 Å². The highest BCUT2D eigenvalue weighted by Gasteiger charge is 2.14. The molecule has 0 aromatic heterocycles. The summed E-state index contributed by atoms with van der Waals surface area (Å²) < 4.78 is 47.5. The van der Waals surface area contributed by atoms with Crippen molar-refractivity contribution in [1.82, 2.24) is 0 Å². The Morgan fingerprint density at radius 2 is 1.70 bits per heavy atom. The quantitative estimate of drug-likeness (QED) is 0.734. The molecular formula is C12H15NO5S2. The molecule has 1 aromatic rings. The van der Waals surface area contributed by atoms with E-state index >= 15 is 0 Å². The Morgan fingerprint density at radius 3 is 2.20 bits per heavy atom. The van der Waals surface area contributed by atoms with Crippen LogP contribution in [0.1, 0.15) is 5.56 Å². The molecule has 0 bridgehead atoms. The molecule has 1 aromatic carbocycles. The molecule has 1 rings (SSSR count). The van der Waals surface area contributed by atoms with Crippen molar-refractivity contribution in [1.29, 1.82) is 0 Å². The number of rotatable bonds is 5. The molecular weight excluding hydrogens is 302 g/mol. The minimum atomic E-state index is -3.70. The van der Waals surface area contributed by atoms with E-state index in [4.69, 9.17) is 5.11 Å². The molecule has 0 saturated carbocycles. The maximum absolute atomic E-state index is 11.7. The second-order valence-corrected chi connectivity index (χ2v) is 8.19. The number of hydrogen-bond acceptors (Lipinski definition) is 5. The Balaban J connectivity index is 2.73. The van der Waals surface area contributed by atoms with Crippen LogP contribution in [0.15, 0.2) is 24.3 Å². The van der Waals surface area contributed by atoms with Crippen LogP contribution >= 0.6 is 0 Å². The van der Waals surface area contributed by atoms with Gasteiger partial charge in [0.2, 0.25) is 10.0 Å². The van der Waals surface area contributed by atoms with Crippen molar-refractivity contribution in [2.24, 2.45) is 0 Å². The predicted molar refractivity (Wildman–Crippen MR) is 77.5 cm³/mol. The first-order valence-electron chi connectivity index (χ1n) is 5.60. The van der Waals surface area contributed by atoms with E-state index in [0.717, 1.165) is 6.26 Å². The lowest BCUT2D eigenvalue weighted by Crippen LogP contribution is -2.22. The zero-order chi connectivity index (χ0) is 15.2. The van der Waals surface area contributed by atoms with E-state index < -0.39 is 31.4 Å². The van der Waals surface area contributed by atoms with Crippen LogP contribution < -0.4 is 4.72 Å². The van der Waals surface area contributed by atoms with Gasteiger partial charge < -0.3 is 5.11 Å². The summed E-state index contributed by atoms with van der Waals surface area (Å²) in [5, 5.41) is 8.55. The van der Waals surface area contributed by atoms with Crippen molar-refractivity contribution in [3.63, 3.8) is 0 Å². The highest BCUT2D eigenvalue weighted by atomic mass is 32.2. The van der Waals surface area contributed by atoms with Crippen LogP contribution in [0.5, 0.6) is 0 Å². The van der Waals surface area contributed by atoms with Gasteiger partial charge >= 0.3 is 0 Å². The van der Waals surface area contributed by atoms with Gasteiger partial charge in [0, 0.05) is 17.5 Å². The Morgan fingerprint density at radius 1 is 1.10 bits per heavy atom. The van der Waals surface area contributed by atoms with Gasteiger partial charge in [-0.15, -0.1) is 0 Å². The molecule has 0 saturated heterocycles. The maximum atomic E-state index is 11.7. The number of anilines is 1. The first-order valence-corrected chi connectivity index (χ1v) is 9.31. The smallest absolute Gasteiger partial charge is 0.233 e. The first-order chi connectivity index (χ1) is 9.22. The minimum absolute atomic E-state index is 0.250. The second kappa shape index (κ2) is 6.74. The lowest BCUT2D eigenvalue weighted by molar-refractivity contribution is 0.350. The maximum Gasteiger partial charge on any atom is 0.233 e. The third-order valence-electron chi connectivity index (χ3n) is 2.19. The number of aliphatic hydroxyl groups is 1. The largest absolute Gasteiger partial charge is 0.384 e. The zero-order valence-corrected chi connectivity index (χ0v) is 12.5. The van der Waals surface area contributed by atoms with Gasteiger partial charge in [0.1, 0.15) is 16.4 Å². The first kappa shape index (κ1) is 16.5. The molecule has 110 valence electrons. The van der Waals surface area contributed by atoms with Crippen molar-refractivity contribution >= 4 is 25.5 Å². The summed E-state index contributed by atoms with van der Waals surface area (Å²) in [6.07, 6.45) is 0.983. The Labute approximate surface area is 118 Å². The highest BCUT2D eigenvalue weighted by Crippen LogP contribution is 2.11. The fourth-order valence-corrected chi connectivity index (χ4v) is 3.94. The van der Waals surface area contributed by atoms with E-state index in [0.29, 0.717) is 11.3 Å². The molecule has 0 fully saturated rings. The number of sulfone groups is 1. The lowest BCUT2D eigenvalue weighted by atomic mass is 10.2. The summed E-state index contributed by atoms with van der Waals surface area (Å²) in [7, 11) is -7.03. The molecule has 6 nitrogen and oxygen atoms in total. The molecule has 0 aliphatic heterocycles. The van der Waals surface area contributed by atoms with Crippen molar-refractivity contribution in [3.05, 3.63) is 29.8 Å². The average Bonchev–Trinajstić information content (AvgIpc) is 2.35. The third kappa shape index (κ3) is 6.56. The number of benzene rings is 1. The molecule has 0 unspecified atom stereocenters. The second-order valence-electron chi connectivity index (χ2n) is 4.09. The Kier molecular flexibility index (Phi) is 5.56. The van der Waals surface area contributed by atoms with Crippen LogP contribution in [0.2, 0.25) is 0 Å². The van der Waals surface area contributed by atoms with Crippen LogP contribution in [0.4, 0.5) is 5.69 Å². The third-order valence-corrected chi connectivity index (χ3v) is 4.69. The fourth-order valence-electron chi connectivity index (χ4n) is 1.25. The summed E-state index contributed by atoms with van der Waals surface area (Å²) in [6.45, 7) is -0.250. The summed E-state index contributed by atoms with van der Waals surface area (Å²) >= 11 is 0. The number of hydrogen-bond donors (Lipinski definition) is 2. The molecule has 0 aliphatic rings. The molecule has 0 amide bonds. The van der Waals surface area contributed by atoms with Gasteiger partial charge in [0.05, 0.1) is 11.5 Å². The average molecular weight is 317 g/mol. The normalized spacial score (nSPS) is 11.5. The molecule has 0 atom stereocenters. The van der Waals surface area contributed by atoms with E-state index in [9.17, 15) is 16.8 Å². The Bertz CT molecular complexity index is 709. The minimum Gasteiger partial charge on any atom is -0.384 e. The molecule has 2 N–H and O–H groups in total. The zero-order valence-electron chi connectivity index (χ0n) is 10.8. The molecule has 0 spiro atoms. The van der Waals surface area contributed by atoms with Crippen molar-refractivity contribution < 1.29 is 21.9 Å². The van der Waals surface area contributed by atoms with E-state index in [1.54, 1.807) is 12.1 Å². The number of sulfonamides is 1. The van der Waals surface area contributed by atoms with Crippen LogP contribution in [0, 0.1) is 11.8 Å². The van der Waals surface area contributed by atoms with Crippen molar-refractivity contribution in [2.45, 2.75) is 0 Å². The van der Waals surface area contributed by atoms with Gasteiger partial charge in [-0.05, 0) is 24.3 Å². The van der Waals surface area contributed by atoms with Gasteiger partial charge in [-0.2, -0.15) is 0 Å². The van der Waals surface area contributed by atoms with E-state index in [1.807, 2.05) is 0 Å². The van der Waals surface area contributed by atoms with Gasteiger partial charge in [0.25, 0.3) is 0 Å². The topological polar surface area (TPSA) is 101 Å². The van der Waals surface area contributed by atoms with Gasteiger partial charge in [-0.3, -0.25) is 4.72 Å². The molecule has 8 heteroatoms. The standard InChI is InChI=1S/C12H15NO5S2/c1-19(15,16)9-10-20(17,18)13-12-6-4-11(5-7-12)3-2-8-14/h4-7,13-14H,8-10H2,1H3. The van der Waals surface area contributed by atoms with Crippen molar-refractivity contribution in [3.8, 4) is 11.8 Å². The van der Waals surface area contributed by atoms with Crippen LogP contribution in [-0.4, -0.2) is 46.3 Å². The lowest BCUT2D eigenvalue weighted by Gasteiger charge is -2.07. The molecule has 0 heterocycles. The Hall–Kier alpha value is -1.56. The summed E-state index contributed by atoms with van der Waals surface area (Å²) in [4.78, 5) is 0. The summed E-state index contributed by atoms with van der Waals surface area (Å²) in [6, 6.07) is 6.22. The van der Waals surface area contributed by atoms with Crippen LogP contribution in [-0.2, 0) is 19.9 Å². The highest BCUT2D eigenvalue weighted by molar-refractivity contribution is 7.95. The van der Waals surface area contributed by atoms with E-state index in [2.05, 4.69) is 16.6 Å². The van der Waals surface area contributed by atoms with Crippen LogP contribution in [0.25, 0.3) is 0 Å².